The number of guanidine groups is 1. The Morgan fingerprint density at radius 2 is 1.95 bits per heavy atom. The molecule has 0 amide bonds. The molecule has 0 saturated heterocycles. The zero-order valence-corrected chi connectivity index (χ0v) is 12.8. The van der Waals surface area contributed by atoms with Crippen molar-refractivity contribution in [2.75, 3.05) is 29.1 Å². The molecule has 0 atom stereocenters. The Balaban J connectivity index is 1.93. The summed E-state index contributed by atoms with van der Waals surface area (Å²) in [6.07, 6.45) is 0. The molecule has 1 aliphatic rings. The lowest BCUT2D eigenvalue weighted by Gasteiger charge is -2.34. The molecule has 1 heterocycles. The number of hydrogen-bond donors (Lipinski definition) is 1. The minimum atomic E-state index is -0.936. The Morgan fingerprint density at radius 1 is 1.18 bits per heavy atom. The van der Waals surface area contributed by atoms with E-state index in [2.05, 4.69) is 0 Å². The average molecular weight is 319 g/mol. The molecule has 3 nitrogen and oxygen atoms in total. The third-order valence-corrected chi connectivity index (χ3v) is 4.64. The molecule has 0 aromatic heterocycles. The molecule has 0 spiro atoms. The van der Waals surface area contributed by atoms with Gasteiger partial charge in [-0.3, -0.25) is 5.41 Å². The monoisotopic (exact) mass is 319 g/mol. The Morgan fingerprint density at radius 3 is 2.77 bits per heavy atom. The summed E-state index contributed by atoms with van der Waals surface area (Å²) in [5.41, 5.74) is 0.980. The lowest BCUT2D eigenvalue weighted by atomic mass is 10.2. The SMILES string of the molecule is CN(C(=N)N1CCSc2ccccc21)c1cccc(F)c1F. The molecule has 3 rings (SSSR count). The van der Waals surface area contributed by atoms with E-state index in [1.54, 1.807) is 18.8 Å². The molecule has 0 fully saturated rings. The number of para-hydroxylation sites is 1. The van der Waals surface area contributed by atoms with E-state index >= 15 is 0 Å². The fraction of sp³-hybridized carbons (Fsp3) is 0.188. The van der Waals surface area contributed by atoms with E-state index in [1.165, 1.54) is 17.0 Å². The summed E-state index contributed by atoms with van der Waals surface area (Å²) in [7, 11) is 1.57. The predicted octanol–water partition coefficient (Wildman–Crippen LogP) is 3.95. The van der Waals surface area contributed by atoms with Crippen molar-refractivity contribution < 1.29 is 8.78 Å². The van der Waals surface area contributed by atoms with E-state index in [9.17, 15) is 8.78 Å². The third-order valence-electron chi connectivity index (χ3n) is 3.59. The average Bonchev–Trinajstić information content (AvgIpc) is 2.55. The Bertz CT molecular complexity index is 720. The molecule has 0 radical (unpaired) electrons. The second-order valence-electron chi connectivity index (χ2n) is 4.92. The van der Waals surface area contributed by atoms with Crippen LogP contribution in [0.5, 0.6) is 0 Å². The molecule has 0 saturated carbocycles. The van der Waals surface area contributed by atoms with Crippen molar-refractivity contribution in [3.05, 3.63) is 54.1 Å². The molecular weight excluding hydrogens is 304 g/mol. The maximum atomic E-state index is 13.9. The fourth-order valence-electron chi connectivity index (χ4n) is 2.44. The smallest absolute Gasteiger partial charge is 0.202 e. The van der Waals surface area contributed by atoms with Crippen LogP contribution in [0.25, 0.3) is 0 Å². The van der Waals surface area contributed by atoms with Crippen LogP contribution in [0.15, 0.2) is 47.4 Å². The van der Waals surface area contributed by atoms with Crippen LogP contribution in [-0.4, -0.2) is 25.3 Å². The summed E-state index contributed by atoms with van der Waals surface area (Å²) in [5.74, 6) is -0.878. The fourth-order valence-corrected chi connectivity index (χ4v) is 3.43. The highest BCUT2D eigenvalue weighted by molar-refractivity contribution is 7.99. The number of anilines is 2. The summed E-state index contributed by atoms with van der Waals surface area (Å²) in [6.45, 7) is 0.655. The first-order chi connectivity index (χ1) is 10.6. The molecule has 0 aliphatic carbocycles. The molecule has 1 aliphatic heterocycles. The normalized spacial score (nSPS) is 13.7. The Hall–Kier alpha value is -2.08. The minimum Gasteiger partial charge on any atom is -0.313 e. The second-order valence-corrected chi connectivity index (χ2v) is 6.06. The highest BCUT2D eigenvalue weighted by atomic mass is 32.2. The van der Waals surface area contributed by atoms with E-state index < -0.39 is 11.6 Å². The van der Waals surface area contributed by atoms with Crippen LogP contribution in [0.3, 0.4) is 0 Å². The van der Waals surface area contributed by atoms with Gasteiger partial charge in [-0.15, -0.1) is 11.8 Å². The van der Waals surface area contributed by atoms with Crippen LogP contribution in [-0.2, 0) is 0 Å². The number of hydrogen-bond acceptors (Lipinski definition) is 2. The van der Waals surface area contributed by atoms with Gasteiger partial charge in [0.1, 0.15) is 0 Å². The molecule has 6 heteroatoms. The number of thioether (sulfide) groups is 1. The standard InChI is InChI=1S/C16H15F2N3S/c1-20(13-7-4-5-11(17)15(13)18)16(19)21-9-10-22-14-8-3-2-6-12(14)21/h2-8,19H,9-10H2,1H3. The van der Waals surface area contributed by atoms with Crippen LogP contribution in [0.1, 0.15) is 0 Å². The molecule has 1 N–H and O–H groups in total. The minimum absolute atomic E-state index is 0.0562. The molecular formula is C16H15F2N3S. The topological polar surface area (TPSA) is 30.3 Å². The van der Waals surface area contributed by atoms with Crippen molar-refractivity contribution in [3.8, 4) is 0 Å². The van der Waals surface area contributed by atoms with Gasteiger partial charge < -0.3 is 9.80 Å². The quantitative estimate of drug-likeness (QED) is 0.638. The van der Waals surface area contributed by atoms with Gasteiger partial charge in [0.25, 0.3) is 0 Å². The van der Waals surface area contributed by atoms with E-state index in [4.69, 9.17) is 5.41 Å². The van der Waals surface area contributed by atoms with Crippen LogP contribution in [0.4, 0.5) is 20.2 Å². The lowest BCUT2D eigenvalue weighted by Crippen LogP contribution is -2.45. The van der Waals surface area contributed by atoms with Crippen molar-refractivity contribution in [2.24, 2.45) is 0 Å². The largest absolute Gasteiger partial charge is 0.313 e. The molecule has 0 unspecified atom stereocenters. The van der Waals surface area contributed by atoms with Gasteiger partial charge in [-0.25, -0.2) is 8.78 Å². The van der Waals surface area contributed by atoms with Gasteiger partial charge in [-0.05, 0) is 24.3 Å². The van der Waals surface area contributed by atoms with E-state index in [0.717, 1.165) is 22.4 Å². The van der Waals surface area contributed by atoms with E-state index in [0.29, 0.717) is 6.54 Å². The highest BCUT2D eigenvalue weighted by Gasteiger charge is 2.24. The second kappa shape index (κ2) is 5.96. The maximum Gasteiger partial charge on any atom is 0.202 e. The van der Waals surface area contributed by atoms with Gasteiger partial charge in [0.2, 0.25) is 5.96 Å². The van der Waals surface area contributed by atoms with Crippen LogP contribution in [0.2, 0.25) is 0 Å². The van der Waals surface area contributed by atoms with E-state index in [1.807, 2.05) is 29.2 Å². The number of benzene rings is 2. The summed E-state index contributed by atoms with van der Waals surface area (Å²) in [5, 5.41) is 8.38. The first kappa shape index (κ1) is 14.8. The number of halogens is 2. The summed E-state index contributed by atoms with van der Waals surface area (Å²) in [6, 6.07) is 11.8. The molecule has 2 aromatic rings. The number of nitrogens with one attached hydrogen (secondary N) is 1. The molecule has 114 valence electrons. The van der Waals surface area contributed by atoms with E-state index in [-0.39, 0.29) is 11.6 Å². The number of rotatable bonds is 1. The summed E-state index contributed by atoms with van der Waals surface area (Å²) in [4.78, 5) is 4.27. The maximum absolute atomic E-state index is 13.9. The van der Waals surface area contributed by atoms with Gasteiger partial charge in [-0.1, -0.05) is 18.2 Å². The van der Waals surface area contributed by atoms with Crippen molar-refractivity contribution in [1.82, 2.24) is 0 Å². The summed E-state index contributed by atoms with van der Waals surface area (Å²) < 4.78 is 27.3. The van der Waals surface area contributed by atoms with Crippen LogP contribution in [0, 0.1) is 17.0 Å². The Labute approximate surface area is 132 Å². The third kappa shape index (κ3) is 2.54. The zero-order valence-electron chi connectivity index (χ0n) is 12.0. The van der Waals surface area contributed by atoms with Crippen molar-refractivity contribution in [1.29, 1.82) is 5.41 Å². The number of nitrogens with zero attached hydrogens (tertiary/aromatic N) is 2. The first-order valence-corrected chi connectivity index (χ1v) is 7.84. The Kier molecular flexibility index (Phi) is 4.02. The van der Waals surface area contributed by atoms with Gasteiger partial charge in [-0.2, -0.15) is 0 Å². The van der Waals surface area contributed by atoms with Crippen molar-refractivity contribution in [2.45, 2.75) is 4.90 Å². The van der Waals surface area contributed by atoms with Gasteiger partial charge in [0.05, 0.1) is 11.4 Å². The first-order valence-electron chi connectivity index (χ1n) is 6.85. The van der Waals surface area contributed by atoms with Gasteiger partial charge in [0, 0.05) is 24.2 Å². The summed E-state index contributed by atoms with van der Waals surface area (Å²) >= 11 is 1.73. The van der Waals surface area contributed by atoms with Gasteiger partial charge >= 0.3 is 0 Å². The number of fused-ring (bicyclic) bond motifs is 1. The van der Waals surface area contributed by atoms with Crippen LogP contribution < -0.4 is 9.80 Å². The lowest BCUT2D eigenvalue weighted by molar-refractivity contribution is 0.509. The van der Waals surface area contributed by atoms with Crippen LogP contribution >= 0.6 is 11.8 Å². The zero-order chi connectivity index (χ0) is 15.7. The molecule has 22 heavy (non-hydrogen) atoms. The van der Waals surface area contributed by atoms with Gasteiger partial charge in [0.15, 0.2) is 11.6 Å². The molecule has 2 aromatic carbocycles. The molecule has 0 bridgehead atoms. The van der Waals surface area contributed by atoms with Crippen molar-refractivity contribution >= 4 is 29.1 Å². The highest BCUT2D eigenvalue weighted by Crippen LogP contribution is 2.35. The van der Waals surface area contributed by atoms with Crippen molar-refractivity contribution in [3.63, 3.8) is 0 Å². The predicted molar refractivity (Wildman–Crippen MR) is 87.0 cm³/mol.